The van der Waals surface area contributed by atoms with Gasteiger partial charge in [-0.25, -0.2) is 0 Å². The van der Waals surface area contributed by atoms with Gasteiger partial charge in [0.1, 0.15) is 13.2 Å². The van der Waals surface area contributed by atoms with Crippen LogP contribution in [0.15, 0.2) is 97.2 Å². The summed E-state index contributed by atoms with van der Waals surface area (Å²) < 4.78 is 16.7. The lowest BCUT2D eigenvalue weighted by Gasteiger charge is -2.18. The second kappa shape index (κ2) is 50.0. The van der Waals surface area contributed by atoms with Crippen LogP contribution in [0, 0.1) is 0 Å². The van der Waals surface area contributed by atoms with Crippen molar-refractivity contribution in [3.8, 4) is 0 Å². The first kappa shape index (κ1) is 58.3. The molecule has 6 heteroatoms. The van der Waals surface area contributed by atoms with Gasteiger partial charge in [-0.05, 0) is 116 Å². The predicted molar refractivity (Wildman–Crippen MR) is 265 cm³/mol. The molecule has 0 amide bonds. The number of hydrogen-bond donors (Lipinski definition) is 0. The van der Waals surface area contributed by atoms with Crippen LogP contribution in [0.4, 0.5) is 0 Å². The third kappa shape index (κ3) is 47.4. The van der Waals surface area contributed by atoms with Crippen LogP contribution in [0.3, 0.4) is 0 Å². The lowest BCUT2D eigenvalue weighted by atomic mass is 10.1. The number of unbranched alkanes of at least 4 members (excludes halogenated alkanes) is 17. The smallest absolute Gasteiger partial charge is 0.306 e. The Balaban J connectivity index is 4.48. The van der Waals surface area contributed by atoms with Crippen molar-refractivity contribution in [1.29, 1.82) is 0 Å². The van der Waals surface area contributed by atoms with Crippen LogP contribution in [0.2, 0.25) is 0 Å². The molecule has 0 saturated heterocycles. The van der Waals surface area contributed by atoms with E-state index in [9.17, 15) is 14.4 Å². The molecule has 0 aromatic carbocycles. The summed E-state index contributed by atoms with van der Waals surface area (Å²) in [5, 5.41) is 0. The maximum absolute atomic E-state index is 12.8. The van der Waals surface area contributed by atoms with Crippen LogP contribution in [0.5, 0.6) is 0 Å². The minimum Gasteiger partial charge on any atom is -0.462 e. The fourth-order valence-electron chi connectivity index (χ4n) is 6.56. The lowest BCUT2D eigenvalue weighted by molar-refractivity contribution is -0.167. The molecule has 6 nitrogen and oxygen atoms in total. The summed E-state index contributed by atoms with van der Waals surface area (Å²) in [6.07, 6.45) is 65.3. The Morgan fingerprint density at radius 3 is 1.02 bits per heavy atom. The molecule has 0 bridgehead atoms. The fraction of sp³-hybridized carbons (Fsp3) is 0.661. The molecule has 0 saturated carbocycles. The van der Waals surface area contributed by atoms with E-state index in [1.54, 1.807) is 0 Å². The van der Waals surface area contributed by atoms with Crippen molar-refractivity contribution in [1.82, 2.24) is 0 Å². The maximum Gasteiger partial charge on any atom is 0.306 e. The first-order valence-corrected chi connectivity index (χ1v) is 25.2. The molecule has 352 valence electrons. The molecule has 0 heterocycles. The van der Waals surface area contributed by atoms with E-state index in [0.29, 0.717) is 19.3 Å². The number of rotatable bonds is 44. The SMILES string of the molecule is CC/C=C\C/C=C\C/C=C\C/C=C\CCCCCC(=O)OCC(COC(=O)CCCCCCC/C=C\CCCCC)OC(=O)CCCCCCCC/C=C\C/C=C\C/C=C\CC. The van der Waals surface area contributed by atoms with E-state index in [1.807, 2.05) is 0 Å². The van der Waals surface area contributed by atoms with Gasteiger partial charge in [-0.1, -0.05) is 182 Å². The fourth-order valence-corrected chi connectivity index (χ4v) is 6.56. The Bertz CT molecular complexity index is 1260. The number of carbonyl (C=O) groups is 3. The highest BCUT2D eigenvalue weighted by Crippen LogP contribution is 2.13. The molecule has 1 atom stereocenters. The first-order chi connectivity index (χ1) is 30.5. The molecule has 0 spiro atoms. The zero-order valence-corrected chi connectivity index (χ0v) is 40.1. The van der Waals surface area contributed by atoms with Gasteiger partial charge >= 0.3 is 17.9 Å². The Hall–Kier alpha value is -3.67. The number of hydrogen-bond acceptors (Lipinski definition) is 6. The summed E-state index contributed by atoms with van der Waals surface area (Å²) in [6, 6.07) is 0. The molecule has 0 radical (unpaired) electrons. The van der Waals surface area contributed by atoms with Crippen molar-refractivity contribution in [2.75, 3.05) is 13.2 Å². The Morgan fingerprint density at radius 2 is 0.629 bits per heavy atom. The van der Waals surface area contributed by atoms with Gasteiger partial charge in [0.25, 0.3) is 0 Å². The molecular formula is C56H92O6. The van der Waals surface area contributed by atoms with Crippen molar-refractivity contribution in [3.05, 3.63) is 97.2 Å². The summed E-state index contributed by atoms with van der Waals surface area (Å²) in [6.45, 7) is 6.33. The number of esters is 3. The molecule has 0 rings (SSSR count). The number of allylic oxidation sites excluding steroid dienone is 16. The zero-order chi connectivity index (χ0) is 45.1. The van der Waals surface area contributed by atoms with Gasteiger partial charge < -0.3 is 14.2 Å². The zero-order valence-electron chi connectivity index (χ0n) is 40.1. The third-order valence-corrected chi connectivity index (χ3v) is 10.3. The lowest BCUT2D eigenvalue weighted by Crippen LogP contribution is -2.30. The van der Waals surface area contributed by atoms with Crippen LogP contribution >= 0.6 is 0 Å². The molecule has 0 aliphatic rings. The minimum atomic E-state index is -0.801. The topological polar surface area (TPSA) is 78.9 Å². The minimum absolute atomic E-state index is 0.0989. The summed E-state index contributed by atoms with van der Waals surface area (Å²) >= 11 is 0. The van der Waals surface area contributed by atoms with Crippen LogP contribution in [-0.4, -0.2) is 37.2 Å². The van der Waals surface area contributed by atoms with Crippen LogP contribution in [-0.2, 0) is 28.6 Å². The molecule has 0 aliphatic carbocycles. The van der Waals surface area contributed by atoms with E-state index < -0.39 is 6.10 Å². The van der Waals surface area contributed by atoms with Gasteiger partial charge in [-0.15, -0.1) is 0 Å². The van der Waals surface area contributed by atoms with E-state index in [2.05, 4.69) is 118 Å². The van der Waals surface area contributed by atoms with Gasteiger partial charge in [0, 0.05) is 19.3 Å². The number of ether oxygens (including phenoxy) is 3. The van der Waals surface area contributed by atoms with Gasteiger partial charge in [0.2, 0.25) is 0 Å². The number of carbonyl (C=O) groups excluding carboxylic acids is 3. The van der Waals surface area contributed by atoms with Crippen LogP contribution < -0.4 is 0 Å². The quantitative estimate of drug-likeness (QED) is 0.0263. The normalized spacial score (nSPS) is 12.9. The highest BCUT2D eigenvalue weighted by molar-refractivity contribution is 5.71. The van der Waals surface area contributed by atoms with E-state index in [1.165, 1.54) is 44.9 Å². The standard InChI is InChI=1S/C56H92O6/c1-4-7-10-13-16-19-22-25-27-29-31-34-37-40-43-46-49-55(58)61-52-53(51-60-54(57)48-45-42-39-36-33-24-21-18-15-12-9-6-3)62-56(59)50-47-44-41-38-35-32-30-28-26-23-20-17-14-11-8-5-2/h7-8,10-11,16-21,25-28,31,34,53H,4-6,9,12-15,22-24,29-30,32-33,35-52H2,1-3H3/b10-7-,11-8-,19-16-,20-17-,21-18-,27-25-,28-26-,34-31-. The third-order valence-electron chi connectivity index (χ3n) is 10.3. The van der Waals surface area contributed by atoms with Crippen molar-refractivity contribution in [2.24, 2.45) is 0 Å². The van der Waals surface area contributed by atoms with Crippen LogP contribution in [0.25, 0.3) is 0 Å². The van der Waals surface area contributed by atoms with Gasteiger partial charge in [-0.2, -0.15) is 0 Å². The van der Waals surface area contributed by atoms with Crippen molar-refractivity contribution < 1.29 is 28.6 Å². The van der Waals surface area contributed by atoms with Crippen molar-refractivity contribution in [2.45, 2.75) is 226 Å². The molecular weight excluding hydrogens is 769 g/mol. The molecule has 0 fully saturated rings. The first-order valence-electron chi connectivity index (χ1n) is 25.2. The second-order valence-corrected chi connectivity index (χ2v) is 16.3. The molecule has 0 aromatic rings. The summed E-state index contributed by atoms with van der Waals surface area (Å²) in [7, 11) is 0. The highest BCUT2D eigenvalue weighted by atomic mass is 16.6. The Morgan fingerprint density at radius 1 is 0.339 bits per heavy atom. The molecule has 0 N–H and O–H groups in total. The summed E-state index contributed by atoms with van der Waals surface area (Å²) in [4.78, 5) is 37.9. The van der Waals surface area contributed by atoms with Gasteiger partial charge in [0.05, 0.1) is 0 Å². The molecule has 62 heavy (non-hydrogen) atoms. The Labute approximate surface area is 381 Å². The van der Waals surface area contributed by atoms with E-state index in [-0.39, 0.29) is 31.1 Å². The average Bonchev–Trinajstić information content (AvgIpc) is 3.27. The maximum atomic E-state index is 12.8. The van der Waals surface area contributed by atoms with Crippen LogP contribution in [0.1, 0.15) is 220 Å². The monoisotopic (exact) mass is 861 g/mol. The van der Waals surface area contributed by atoms with E-state index >= 15 is 0 Å². The van der Waals surface area contributed by atoms with E-state index in [0.717, 1.165) is 135 Å². The summed E-state index contributed by atoms with van der Waals surface area (Å²) in [5.74, 6) is -0.957. The second-order valence-electron chi connectivity index (χ2n) is 16.3. The van der Waals surface area contributed by atoms with Crippen molar-refractivity contribution >= 4 is 17.9 Å². The largest absolute Gasteiger partial charge is 0.462 e. The summed E-state index contributed by atoms with van der Waals surface area (Å²) in [5.41, 5.74) is 0. The van der Waals surface area contributed by atoms with Gasteiger partial charge in [0.15, 0.2) is 6.10 Å². The van der Waals surface area contributed by atoms with Gasteiger partial charge in [-0.3, -0.25) is 14.4 Å². The molecule has 0 aromatic heterocycles. The van der Waals surface area contributed by atoms with E-state index in [4.69, 9.17) is 14.2 Å². The molecule has 1 unspecified atom stereocenters. The highest BCUT2D eigenvalue weighted by Gasteiger charge is 2.19. The Kier molecular flexibility index (Phi) is 47.0. The molecule has 0 aliphatic heterocycles. The predicted octanol–water partition coefficient (Wildman–Crippen LogP) is 16.6. The average molecular weight is 861 g/mol. The van der Waals surface area contributed by atoms with Crippen molar-refractivity contribution in [3.63, 3.8) is 0 Å².